The van der Waals surface area contributed by atoms with Crippen molar-refractivity contribution in [1.82, 2.24) is 0 Å². The molecule has 3 N–H and O–H groups in total. The van der Waals surface area contributed by atoms with E-state index in [2.05, 4.69) is 37.4 Å². The van der Waals surface area contributed by atoms with Crippen molar-refractivity contribution in [2.24, 2.45) is 5.92 Å². The van der Waals surface area contributed by atoms with Crippen LogP contribution in [0.2, 0.25) is 0 Å². The Balaban J connectivity index is 4.17. The minimum Gasteiger partial charge on any atom is -0.462 e. The van der Waals surface area contributed by atoms with Crippen LogP contribution in [0.15, 0.2) is 48.6 Å². The second kappa shape index (κ2) is 29.4. The molecule has 0 heterocycles. The fraction of sp³-hybridized carbons (Fsp3) is 0.714. The molecular formula is C35H61O9P. The van der Waals surface area contributed by atoms with Gasteiger partial charge in [-0.1, -0.05) is 127 Å². The highest BCUT2D eigenvalue weighted by Gasteiger charge is 2.22. The molecule has 0 aliphatic heterocycles. The Bertz CT molecular complexity index is 905. The van der Waals surface area contributed by atoms with E-state index in [9.17, 15) is 19.3 Å². The quantitative estimate of drug-likeness (QED) is 0.0238. The summed E-state index contributed by atoms with van der Waals surface area (Å²) in [6, 6.07) is 0. The van der Waals surface area contributed by atoms with Crippen LogP contribution in [-0.2, 0) is 28.2 Å². The Morgan fingerprint density at radius 2 is 1.36 bits per heavy atom. The van der Waals surface area contributed by atoms with E-state index in [0.29, 0.717) is 19.3 Å². The monoisotopic (exact) mass is 656 g/mol. The Morgan fingerprint density at radius 1 is 0.733 bits per heavy atom. The fourth-order valence-electron chi connectivity index (χ4n) is 4.31. The van der Waals surface area contributed by atoms with E-state index >= 15 is 0 Å². The lowest BCUT2D eigenvalue weighted by molar-refractivity contribution is -0.161. The molecule has 0 amide bonds. The van der Waals surface area contributed by atoms with Crippen molar-refractivity contribution in [1.29, 1.82) is 0 Å². The maximum absolute atomic E-state index is 12.3. The van der Waals surface area contributed by atoms with E-state index in [1.54, 1.807) is 0 Å². The molecule has 2 atom stereocenters. The highest BCUT2D eigenvalue weighted by molar-refractivity contribution is 7.46. The van der Waals surface area contributed by atoms with E-state index in [0.717, 1.165) is 63.7 Å². The molecule has 0 radical (unpaired) electrons. The van der Waals surface area contributed by atoms with Crippen LogP contribution in [-0.4, -0.2) is 52.3 Å². The number of carbonyl (C=O) groups is 2. The molecule has 0 rings (SSSR count). The normalized spacial score (nSPS) is 13.9. The number of unbranched alkanes of at least 4 members (excludes halogenated alkanes) is 8. The van der Waals surface area contributed by atoms with Gasteiger partial charge in [0.05, 0.1) is 12.7 Å². The number of rotatable bonds is 29. The summed E-state index contributed by atoms with van der Waals surface area (Å²) in [5, 5.41) is 9.84. The van der Waals surface area contributed by atoms with Crippen molar-refractivity contribution in [2.45, 2.75) is 142 Å². The van der Waals surface area contributed by atoms with Gasteiger partial charge in [0, 0.05) is 12.8 Å². The Hall–Kier alpha value is -2.03. The largest absolute Gasteiger partial charge is 0.469 e. The second-order valence-corrected chi connectivity index (χ2v) is 13.1. The molecule has 45 heavy (non-hydrogen) atoms. The summed E-state index contributed by atoms with van der Waals surface area (Å²) >= 11 is 0. The minimum atomic E-state index is -4.77. The molecule has 0 aliphatic rings. The lowest BCUT2D eigenvalue weighted by Crippen LogP contribution is -2.29. The lowest BCUT2D eigenvalue weighted by Gasteiger charge is -2.18. The molecule has 0 aromatic heterocycles. The van der Waals surface area contributed by atoms with Crippen molar-refractivity contribution in [3.63, 3.8) is 0 Å². The Morgan fingerprint density at radius 3 is 2.04 bits per heavy atom. The molecule has 0 saturated heterocycles. The predicted octanol–water partition coefficient (Wildman–Crippen LogP) is 8.44. The van der Waals surface area contributed by atoms with Gasteiger partial charge >= 0.3 is 19.8 Å². The molecular weight excluding hydrogens is 595 g/mol. The first-order valence-corrected chi connectivity index (χ1v) is 18.4. The van der Waals surface area contributed by atoms with Crippen LogP contribution in [0.5, 0.6) is 0 Å². The van der Waals surface area contributed by atoms with E-state index in [-0.39, 0.29) is 25.6 Å². The van der Waals surface area contributed by atoms with E-state index in [1.165, 1.54) is 19.3 Å². The van der Waals surface area contributed by atoms with Gasteiger partial charge in [0.25, 0.3) is 0 Å². The third-order valence-electron chi connectivity index (χ3n) is 6.88. The summed E-state index contributed by atoms with van der Waals surface area (Å²) in [6.45, 7) is 5.69. The number of ether oxygens (including phenoxy) is 2. The summed E-state index contributed by atoms with van der Waals surface area (Å²) in [5.41, 5.74) is 0. The summed E-state index contributed by atoms with van der Waals surface area (Å²) in [5.74, 6) is -0.269. The molecule has 260 valence electrons. The van der Waals surface area contributed by atoms with Crippen LogP contribution >= 0.6 is 7.82 Å². The number of carbonyl (C=O) groups excluding carboxylic acids is 2. The molecule has 0 aromatic carbocycles. The van der Waals surface area contributed by atoms with Gasteiger partial charge in [-0.15, -0.1) is 0 Å². The van der Waals surface area contributed by atoms with E-state index in [1.807, 2.05) is 36.5 Å². The molecule has 0 saturated carbocycles. The number of phosphoric acid groups is 1. The van der Waals surface area contributed by atoms with Crippen LogP contribution < -0.4 is 0 Å². The smallest absolute Gasteiger partial charge is 0.462 e. The third kappa shape index (κ3) is 33.2. The number of aliphatic hydroxyl groups is 1. The molecule has 0 fully saturated rings. The summed E-state index contributed by atoms with van der Waals surface area (Å²) in [4.78, 5) is 42.4. The van der Waals surface area contributed by atoms with Crippen LogP contribution in [0.3, 0.4) is 0 Å². The van der Waals surface area contributed by atoms with Gasteiger partial charge in [-0.3, -0.25) is 14.1 Å². The van der Waals surface area contributed by atoms with Gasteiger partial charge in [-0.2, -0.15) is 0 Å². The van der Waals surface area contributed by atoms with Crippen LogP contribution in [0.1, 0.15) is 130 Å². The Kier molecular flexibility index (Phi) is 28.1. The second-order valence-electron chi connectivity index (χ2n) is 11.8. The molecule has 10 heteroatoms. The van der Waals surface area contributed by atoms with Crippen LogP contribution in [0, 0.1) is 5.92 Å². The maximum Gasteiger partial charge on any atom is 0.469 e. The fourth-order valence-corrected chi connectivity index (χ4v) is 4.67. The molecule has 9 nitrogen and oxygen atoms in total. The molecule has 0 bridgehead atoms. The first-order valence-electron chi connectivity index (χ1n) is 16.9. The van der Waals surface area contributed by atoms with E-state index < -0.39 is 32.5 Å². The molecule has 0 unspecified atom stereocenters. The van der Waals surface area contributed by atoms with Gasteiger partial charge in [0.15, 0.2) is 6.10 Å². The first-order chi connectivity index (χ1) is 21.5. The molecule has 0 aliphatic carbocycles. The van der Waals surface area contributed by atoms with Gasteiger partial charge < -0.3 is 24.4 Å². The summed E-state index contributed by atoms with van der Waals surface area (Å²) in [7, 11) is -4.77. The SMILES string of the molecule is CCCCC[C@@H](O)/C=C/C=C\C/C=C\C/C=C\CCCC(=O)OC[C@H](COP(=O)(O)O)OC(=O)CCCCCCCCC(C)C. The maximum atomic E-state index is 12.3. The minimum absolute atomic E-state index is 0.170. The third-order valence-corrected chi connectivity index (χ3v) is 7.37. The average molecular weight is 657 g/mol. The van der Waals surface area contributed by atoms with Crippen molar-refractivity contribution < 1.29 is 43.0 Å². The number of hydrogen-bond donors (Lipinski definition) is 3. The lowest BCUT2D eigenvalue weighted by atomic mass is 10.0. The van der Waals surface area contributed by atoms with E-state index in [4.69, 9.17) is 19.3 Å². The first kappa shape index (κ1) is 43.0. The van der Waals surface area contributed by atoms with Crippen molar-refractivity contribution in [2.75, 3.05) is 13.2 Å². The zero-order chi connectivity index (χ0) is 33.6. The van der Waals surface area contributed by atoms with Crippen LogP contribution in [0.4, 0.5) is 0 Å². The Labute approximate surface area is 272 Å². The van der Waals surface area contributed by atoms with Crippen LogP contribution in [0.25, 0.3) is 0 Å². The topological polar surface area (TPSA) is 140 Å². The number of allylic oxidation sites excluding steroid dienone is 7. The van der Waals surface area contributed by atoms with Crippen molar-refractivity contribution in [3.8, 4) is 0 Å². The highest BCUT2D eigenvalue weighted by Crippen LogP contribution is 2.35. The predicted molar refractivity (Wildman–Crippen MR) is 180 cm³/mol. The number of aliphatic hydroxyl groups excluding tert-OH is 1. The highest BCUT2D eigenvalue weighted by atomic mass is 31.2. The zero-order valence-corrected chi connectivity index (χ0v) is 28.9. The average Bonchev–Trinajstić information content (AvgIpc) is 2.97. The standard InChI is InChI=1S/C35H61O9P/c1-4-5-19-25-32(36)26-21-16-11-9-7-6-8-10-12-17-22-27-34(37)42-29-33(30-43-45(39,40)41)44-35(38)28-23-18-14-13-15-20-24-31(2)3/h6-7,10-12,16,21,26,31-33,36H,4-5,8-9,13-15,17-20,22-25,27-30H2,1-3H3,(H2,39,40,41)/b7-6-,12-10-,16-11-,26-21+/t32-,33-/m1/s1. The number of hydrogen-bond acceptors (Lipinski definition) is 7. The summed E-state index contributed by atoms with van der Waals surface area (Å²) < 4.78 is 26.1. The molecule has 0 aromatic rings. The number of phosphoric ester groups is 1. The van der Waals surface area contributed by atoms with Crippen molar-refractivity contribution in [3.05, 3.63) is 48.6 Å². The summed E-state index contributed by atoms with van der Waals surface area (Å²) in [6.07, 6.45) is 29.1. The zero-order valence-electron chi connectivity index (χ0n) is 28.0. The number of esters is 2. The van der Waals surface area contributed by atoms with Gasteiger partial charge in [-0.25, -0.2) is 4.57 Å². The van der Waals surface area contributed by atoms with Gasteiger partial charge in [0.2, 0.25) is 0 Å². The molecule has 0 spiro atoms. The van der Waals surface area contributed by atoms with Gasteiger partial charge in [0.1, 0.15) is 6.61 Å². The van der Waals surface area contributed by atoms with Gasteiger partial charge in [-0.05, 0) is 44.4 Å². The van der Waals surface area contributed by atoms with Crippen molar-refractivity contribution >= 4 is 19.8 Å².